The Morgan fingerprint density at radius 1 is 1.61 bits per heavy atom. The molecule has 1 aliphatic carbocycles. The first-order chi connectivity index (χ1) is 8.28. The first kappa shape index (κ1) is 13.1. The summed E-state index contributed by atoms with van der Waals surface area (Å²) in [4.78, 5) is 11.8. The maximum atomic E-state index is 11.8. The molecule has 0 saturated carbocycles. The third-order valence-corrected chi connectivity index (χ3v) is 3.47. The molecule has 4 nitrogen and oxygen atoms in total. The van der Waals surface area contributed by atoms with Gasteiger partial charge in [0.15, 0.2) is 0 Å². The zero-order valence-electron chi connectivity index (χ0n) is 11.5. The maximum absolute atomic E-state index is 11.8. The SMILES string of the molecule is Cc1cc2c(o1)CC(C)(C)CC2NC(=O)[C@@H](C)N. The van der Waals surface area contributed by atoms with Gasteiger partial charge in [0.05, 0.1) is 12.1 Å². The number of furan rings is 1. The highest BCUT2D eigenvalue weighted by Gasteiger charge is 2.35. The molecule has 1 amide bonds. The van der Waals surface area contributed by atoms with Gasteiger partial charge in [0, 0.05) is 12.0 Å². The molecule has 0 aromatic carbocycles. The number of fused-ring (bicyclic) bond motifs is 1. The van der Waals surface area contributed by atoms with Crippen molar-refractivity contribution in [1.29, 1.82) is 0 Å². The molecule has 0 aliphatic heterocycles. The molecule has 4 heteroatoms. The molecule has 1 aromatic heterocycles. The van der Waals surface area contributed by atoms with E-state index in [2.05, 4.69) is 19.2 Å². The van der Waals surface area contributed by atoms with E-state index in [-0.39, 0.29) is 17.4 Å². The number of carbonyl (C=O) groups excluding carboxylic acids is 1. The van der Waals surface area contributed by atoms with Crippen molar-refractivity contribution in [2.45, 2.75) is 52.6 Å². The van der Waals surface area contributed by atoms with Crippen LogP contribution in [0.4, 0.5) is 0 Å². The van der Waals surface area contributed by atoms with Crippen LogP contribution >= 0.6 is 0 Å². The van der Waals surface area contributed by atoms with Crippen LogP contribution in [0.2, 0.25) is 0 Å². The van der Waals surface area contributed by atoms with Crippen molar-refractivity contribution in [2.75, 3.05) is 0 Å². The highest BCUT2D eigenvalue weighted by molar-refractivity contribution is 5.81. The number of nitrogens with one attached hydrogen (secondary N) is 1. The molecule has 0 saturated heterocycles. The van der Waals surface area contributed by atoms with Gasteiger partial charge in [0.1, 0.15) is 11.5 Å². The lowest BCUT2D eigenvalue weighted by Crippen LogP contribution is -2.43. The van der Waals surface area contributed by atoms with Gasteiger partial charge in [-0.1, -0.05) is 13.8 Å². The summed E-state index contributed by atoms with van der Waals surface area (Å²) in [6.07, 6.45) is 1.83. The first-order valence-corrected chi connectivity index (χ1v) is 6.44. The maximum Gasteiger partial charge on any atom is 0.237 e. The number of rotatable bonds is 2. The minimum atomic E-state index is -0.480. The summed E-state index contributed by atoms with van der Waals surface area (Å²) in [5, 5.41) is 3.02. The predicted octanol–water partition coefficient (Wildman–Crippen LogP) is 2.06. The number of aryl methyl sites for hydroxylation is 1. The largest absolute Gasteiger partial charge is 0.466 e. The van der Waals surface area contributed by atoms with Gasteiger partial charge < -0.3 is 15.5 Å². The molecule has 3 N–H and O–H groups in total. The number of nitrogens with two attached hydrogens (primary N) is 1. The van der Waals surface area contributed by atoms with E-state index in [9.17, 15) is 4.79 Å². The normalized spacial score (nSPS) is 23.3. The zero-order chi connectivity index (χ0) is 13.5. The van der Waals surface area contributed by atoms with E-state index >= 15 is 0 Å². The molecule has 0 fully saturated rings. The van der Waals surface area contributed by atoms with E-state index in [4.69, 9.17) is 10.2 Å². The Kier molecular flexibility index (Phi) is 3.23. The Balaban J connectivity index is 2.27. The van der Waals surface area contributed by atoms with E-state index in [1.54, 1.807) is 6.92 Å². The summed E-state index contributed by atoms with van der Waals surface area (Å²) in [7, 11) is 0. The van der Waals surface area contributed by atoms with Gasteiger partial charge in [0.2, 0.25) is 5.91 Å². The van der Waals surface area contributed by atoms with Crippen molar-refractivity contribution >= 4 is 5.91 Å². The van der Waals surface area contributed by atoms with Crippen LogP contribution in [-0.2, 0) is 11.2 Å². The van der Waals surface area contributed by atoms with E-state index in [1.165, 1.54) is 0 Å². The summed E-state index contributed by atoms with van der Waals surface area (Å²) in [6, 6.07) is 1.56. The van der Waals surface area contributed by atoms with E-state index < -0.39 is 6.04 Å². The molecule has 0 spiro atoms. The van der Waals surface area contributed by atoms with Crippen LogP contribution in [0.25, 0.3) is 0 Å². The number of hydrogen-bond acceptors (Lipinski definition) is 3. The van der Waals surface area contributed by atoms with Crippen molar-refractivity contribution in [3.05, 3.63) is 23.2 Å². The highest BCUT2D eigenvalue weighted by Crippen LogP contribution is 2.41. The molecule has 1 aliphatic rings. The first-order valence-electron chi connectivity index (χ1n) is 6.44. The van der Waals surface area contributed by atoms with Gasteiger partial charge in [-0.2, -0.15) is 0 Å². The summed E-state index contributed by atoms with van der Waals surface area (Å²) >= 11 is 0. The third-order valence-electron chi connectivity index (χ3n) is 3.47. The second-order valence-corrected chi connectivity index (χ2v) is 6.13. The third kappa shape index (κ3) is 2.58. The lowest BCUT2D eigenvalue weighted by Gasteiger charge is -2.35. The minimum Gasteiger partial charge on any atom is -0.466 e. The number of carbonyl (C=O) groups is 1. The van der Waals surface area contributed by atoms with Crippen LogP contribution in [-0.4, -0.2) is 11.9 Å². The molecule has 1 heterocycles. The van der Waals surface area contributed by atoms with Crippen LogP contribution in [0, 0.1) is 12.3 Å². The van der Waals surface area contributed by atoms with Gasteiger partial charge >= 0.3 is 0 Å². The van der Waals surface area contributed by atoms with Gasteiger partial charge in [-0.15, -0.1) is 0 Å². The molecule has 2 atom stereocenters. The Labute approximate surface area is 108 Å². The average molecular weight is 250 g/mol. The van der Waals surface area contributed by atoms with Crippen molar-refractivity contribution in [3.8, 4) is 0 Å². The molecule has 1 unspecified atom stereocenters. The Bertz CT molecular complexity index is 460. The smallest absolute Gasteiger partial charge is 0.237 e. The lowest BCUT2D eigenvalue weighted by molar-refractivity contribution is -0.123. The number of hydrogen-bond donors (Lipinski definition) is 2. The van der Waals surface area contributed by atoms with Crippen molar-refractivity contribution < 1.29 is 9.21 Å². The summed E-state index contributed by atoms with van der Waals surface area (Å²) in [5.41, 5.74) is 6.85. The molecule has 18 heavy (non-hydrogen) atoms. The van der Waals surface area contributed by atoms with E-state index in [0.717, 1.165) is 29.9 Å². The van der Waals surface area contributed by atoms with Crippen LogP contribution in [0.5, 0.6) is 0 Å². The predicted molar refractivity (Wildman–Crippen MR) is 70.1 cm³/mol. The fourth-order valence-corrected chi connectivity index (χ4v) is 2.62. The topological polar surface area (TPSA) is 68.3 Å². The highest BCUT2D eigenvalue weighted by atomic mass is 16.3. The van der Waals surface area contributed by atoms with Gasteiger partial charge in [0.25, 0.3) is 0 Å². The van der Waals surface area contributed by atoms with Crippen LogP contribution in [0.3, 0.4) is 0 Å². The van der Waals surface area contributed by atoms with Gasteiger partial charge in [-0.25, -0.2) is 0 Å². The van der Waals surface area contributed by atoms with Crippen LogP contribution in [0.1, 0.15) is 50.3 Å². The second-order valence-electron chi connectivity index (χ2n) is 6.13. The lowest BCUT2D eigenvalue weighted by atomic mass is 9.74. The van der Waals surface area contributed by atoms with Crippen LogP contribution in [0.15, 0.2) is 10.5 Å². The van der Waals surface area contributed by atoms with Crippen LogP contribution < -0.4 is 11.1 Å². The second kappa shape index (κ2) is 4.43. The van der Waals surface area contributed by atoms with E-state index in [0.29, 0.717) is 0 Å². The Morgan fingerprint density at radius 2 is 2.28 bits per heavy atom. The van der Waals surface area contributed by atoms with Gasteiger partial charge in [-0.05, 0) is 31.7 Å². The molecule has 0 radical (unpaired) electrons. The van der Waals surface area contributed by atoms with E-state index in [1.807, 2.05) is 13.0 Å². The quantitative estimate of drug-likeness (QED) is 0.844. The van der Waals surface area contributed by atoms with Crippen molar-refractivity contribution in [2.24, 2.45) is 11.1 Å². The van der Waals surface area contributed by atoms with Crippen molar-refractivity contribution in [3.63, 3.8) is 0 Å². The monoisotopic (exact) mass is 250 g/mol. The minimum absolute atomic E-state index is 0.0136. The molecule has 100 valence electrons. The summed E-state index contributed by atoms with van der Waals surface area (Å²) < 4.78 is 5.73. The molecular weight excluding hydrogens is 228 g/mol. The molecule has 0 bridgehead atoms. The summed E-state index contributed by atoms with van der Waals surface area (Å²) in [6.45, 7) is 8.03. The molecule has 2 rings (SSSR count). The summed E-state index contributed by atoms with van der Waals surface area (Å²) in [5.74, 6) is 1.79. The Hall–Kier alpha value is -1.29. The molecular formula is C14H22N2O2. The van der Waals surface area contributed by atoms with Crippen molar-refractivity contribution in [1.82, 2.24) is 5.32 Å². The fraction of sp³-hybridized carbons (Fsp3) is 0.643. The molecule has 1 aromatic rings. The number of amides is 1. The Morgan fingerprint density at radius 3 is 2.89 bits per heavy atom. The van der Waals surface area contributed by atoms with Gasteiger partial charge in [-0.3, -0.25) is 4.79 Å². The fourth-order valence-electron chi connectivity index (χ4n) is 2.62. The average Bonchev–Trinajstić information content (AvgIpc) is 2.56. The standard InChI is InChI=1S/C14H22N2O2/c1-8-5-10-11(16-13(17)9(2)15)6-14(3,4)7-12(10)18-8/h5,9,11H,6-7,15H2,1-4H3,(H,16,17)/t9-,11?/m1/s1. The zero-order valence-corrected chi connectivity index (χ0v) is 11.5.